The number of carbonyl (C=O) groups excluding carboxylic acids is 2. The van der Waals surface area contributed by atoms with Gasteiger partial charge in [0, 0.05) is 45.1 Å². The Balaban J connectivity index is 1.56. The number of piperazine rings is 1. The van der Waals surface area contributed by atoms with Crippen LogP contribution in [0.15, 0.2) is 27.3 Å². The predicted octanol–water partition coefficient (Wildman–Crippen LogP) is -0.00750. The highest BCUT2D eigenvalue weighted by atomic mass is 16.4. The van der Waals surface area contributed by atoms with Gasteiger partial charge in [-0.25, -0.2) is 4.98 Å². The van der Waals surface area contributed by atoms with Crippen LogP contribution in [0.3, 0.4) is 0 Å². The zero-order chi connectivity index (χ0) is 25.4. The fourth-order valence-electron chi connectivity index (χ4n) is 4.70. The Kier molecular flexibility index (Phi) is 9.49. The molecule has 1 aromatic rings. The summed E-state index contributed by atoms with van der Waals surface area (Å²) >= 11 is 0. The summed E-state index contributed by atoms with van der Waals surface area (Å²) < 4.78 is 1.31. The molecule has 0 bridgehead atoms. The maximum atomic E-state index is 13.0. The van der Waals surface area contributed by atoms with Crippen LogP contribution in [0.1, 0.15) is 39.2 Å². The zero-order valence-electron chi connectivity index (χ0n) is 20.7. The van der Waals surface area contributed by atoms with Crippen molar-refractivity contribution >= 4 is 28.9 Å². The Labute approximate surface area is 205 Å². The summed E-state index contributed by atoms with van der Waals surface area (Å²) in [6.45, 7) is 7.68. The van der Waals surface area contributed by atoms with E-state index in [1.54, 1.807) is 20.9 Å². The van der Waals surface area contributed by atoms with Crippen LogP contribution >= 0.6 is 0 Å². The van der Waals surface area contributed by atoms with Gasteiger partial charge in [0.2, 0.25) is 5.91 Å². The van der Waals surface area contributed by atoms with E-state index in [0.717, 1.165) is 26.2 Å². The molecule has 0 aliphatic carbocycles. The lowest BCUT2D eigenvalue weighted by molar-refractivity contribution is -0.128. The van der Waals surface area contributed by atoms with Crippen molar-refractivity contribution in [2.24, 2.45) is 10.1 Å². The number of oxime groups is 1. The average molecular weight is 489 g/mol. The summed E-state index contributed by atoms with van der Waals surface area (Å²) in [4.78, 5) is 51.1. The molecule has 1 aromatic heterocycles. The molecule has 0 spiro atoms. The number of carbonyl (C=O) groups is 2. The lowest BCUT2D eigenvalue weighted by atomic mass is 10.1. The first-order valence-electron chi connectivity index (χ1n) is 12.1. The molecule has 12 nitrogen and oxygen atoms in total. The topological polar surface area (TPSA) is 145 Å². The molecule has 2 fully saturated rings. The van der Waals surface area contributed by atoms with Gasteiger partial charge in [-0.05, 0) is 32.7 Å². The van der Waals surface area contributed by atoms with E-state index in [4.69, 9.17) is 5.21 Å². The highest BCUT2D eigenvalue weighted by Crippen LogP contribution is 2.21. The zero-order valence-corrected chi connectivity index (χ0v) is 20.7. The molecule has 3 N–H and O–H groups in total. The van der Waals surface area contributed by atoms with E-state index in [0.29, 0.717) is 30.4 Å². The minimum atomic E-state index is -0.777. The van der Waals surface area contributed by atoms with Crippen molar-refractivity contribution in [1.82, 2.24) is 24.7 Å². The van der Waals surface area contributed by atoms with Gasteiger partial charge in [0.15, 0.2) is 11.6 Å². The largest absolute Gasteiger partial charge is 0.411 e. The number of hydrogen-bond acceptors (Lipinski definition) is 10. The van der Waals surface area contributed by atoms with Crippen molar-refractivity contribution in [3.05, 3.63) is 22.7 Å². The van der Waals surface area contributed by atoms with Crippen molar-refractivity contribution in [2.75, 3.05) is 58.2 Å². The lowest BCUT2D eigenvalue weighted by Crippen LogP contribution is -2.52. The number of Topliss-reactive ketones (excluding diaryl/α,β-unsaturated/α-hetero) is 1. The molecule has 2 aliphatic rings. The van der Waals surface area contributed by atoms with E-state index in [1.165, 1.54) is 29.8 Å². The summed E-state index contributed by atoms with van der Waals surface area (Å²) in [6, 6.07) is -0.238. The minimum absolute atomic E-state index is 0.0450. The number of hydrogen-bond donors (Lipinski definition) is 3. The number of nitrogens with one attached hydrogen (secondary N) is 2. The summed E-state index contributed by atoms with van der Waals surface area (Å²) in [5.41, 5.74) is 0.308. The molecule has 2 aliphatic heterocycles. The number of aromatic nitrogens is 2. The number of nitrogens with zero attached hydrogens (tertiary/aromatic N) is 6. The highest BCUT2D eigenvalue weighted by Gasteiger charge is 2.31. The number of rotatable bonds is 11. The van der Waals surface area contributed by atoms with Gasteiger partial charge in [0.1, 0.15) is 6.04 Å². The van der Waals surface area contributed by atoms with Crippen molar-refractivity contribution in [3.63, 3.8) is 0 Å². The number of anilines is 1. The molecular formula is C23H36N8O4. The van der Waals surface area contributed by atoms with Gasteiger partial charge in [-0.2, -0.15) is 0 Å². The normalized spacial score (nSPS) is 20.4. The van der Waals surface area contributed by atoms with E-state index in [2.05, 4.69) is 35.6 Å². The number of fused-ring (bicyclic) bond motifs is 1. The molecule has 192 valence electrons. The van der Waals surface area contributed by atoms with Crippen LogP contribution in [0.5, 0.6) is 0 Å². The van der Waals surface area contributed by atoms with Crippen LogP contribution in [0, 0.1) is 0 Å². The van der Waals surface area contributed by atoms with Crippen molar-refractivity contribution < 1.29 is 14.8 Å². The van der Waals surface area contributed by atoms with Gasteiger partial charge in [0.05, 0.1) is 31.1 Å². The fourth-order valence-corrected chi connectivity index (χ4v) is 4.70. The number of aliphatic imine (C=N–C) groups is 1. The van der Waals surface area contributed by atoms with Gasteiger partial charge in [0.25, 0.3) is 5.56 Å². The minimum Gasteiger partial charge on any atom is -0.411 e. The summed E-state index contributed by atoms with van der Waals surface area (Å²) in [7, 11) is 1.55. The number of ketones is 1. The van der Waals surface area contributed by atoms with Gasteiger partial charge < -0.3 is 15.8 Å². The van der Waals surface area contributed by atoms with E-state index < -0.39 is 11.6 Å². The third kappa shape index (κ3) is 6.73. The van der Waals surface area contributed by atoms with Gasteiger partial charge in [-0.3, -0.25) is 33.7 Å². The SMILES string of the molecule is CCC(C(=O)NCC(=O)CN1CCN2CCCC2C1)n1ccnc(NCC(=NC)/C(C)=N\O)c1=O. The maximum Gasteiger partial charge on any atom is 0.294 e. The van der Waals surface area contributed by atoms with Crippen molar-refractivity contribution in [2.45, 2.75) is 45.2 Å². The molecule has 3 rings (SSSR count). The lowest BCUT2D eigenvalue weighted by Gasteiger charge is -2.37. The first-order valence-corrected chi connectivity index (χ1v) is 12.1. The van der Waals surface area contributed by atoms with Crippen LogP contribution in [0.25, 0.3) is 0 Å². The van der Waals surface area contributed by atoms with Crippen molar-refractivity contribution in [1.29, 1.82) is 0 Å². The smallest absolute Gasteiger partial charge is 0.294 e. The first-order chi connectivity index (χ1) is 16.9. The molecule has 0 aromatic carbocycles. The summed E-state index contributed by atoms with van der Waals surface area (Å²) in [5, 5.41) is 17.7. The fraction of sp³-hybridized carbons (Fsp3) is 0.652. The van der Waals surface area contributed by atoms with Crippen LogP contribution < -0.4 is 16.2 Å². The molecule has 2 saturated heterocycles. The monoisotopic (exact) mass is 488 g/mol. The summed E-state index contributed by atoms with van der Waals surface area (Å²) in [6.07, 6.45) is 5.66. The van der Waals surface area contributed by atoms with Gasteiger partial charge in [-0.15, -0.1) is 0 Å². The Bertz CT molecular complexity index is 1020. The Morgan fingerprint density at radius 1 is 1.29 bits per heavy atom. The first kappa shape index (κ1) is 26.5. The van der Waals surface area contributed by atoms with E-state index >= 15 is 0 Å². The standard InChI is InChI=1S/C23H36N8O4/c1-4-20(31-9-7-25-21(23(31)34)26-13-19(24-3)16(2)28-35)22(33)27-12-18(32)15-29-10-11-30-8-5-6-17(30)14-29/h7,9,17,20,35H,4-6,8,10-15H2,1-3H3,(H,25,26)(H,27,33)/b24-19?,28-16-. The van der Waals surface area contributed by atoms with E-state index in [9.17, 15) is 14.4 Å². The van der Waals surface area contributed by atoms with Crippen LogP contribution in [-0.4, -0.2) is 107 Å². The molecule has 1 amide bonds. The van der Waals surface area contributed by atoms with Gasteiger partial charge in [-0.1, -0.05) is 12.1 Å². The molecule has 3 heterocycles. The highest BCUT2D eigenvalue weighted by molar-refractivity contribution is 6.42. The van der Waals surface area contributed by atoms with Gasteiger partial charge >= 0.3 is 0 Å². The van der Waals surface area contributed by atoms with Crippen LogP contribution in [0.2, 0.25) is 0 Å². The Morgan fingerprint density at radius 2 is 2.09 bits per heavy atom. The predicted molar refractivity (Wildman–Crippen MR) is 134 cm³/mol. The second-order valence-corrected chi connectivity index (χ2v) is 8.95. The number of amides is 1. The second kappa shape index (κ2) is 12.5. The molecular weight excluding hydrogens is 452 g/mol. The van der Waals surface area contributed by atoms with E-state index in [1.807, 2.05) is 0 Å². The molecule has 35 heavy (non-hydrogen) atoms. The maximum absolute atomic E-state index is 13.0. The average Bonchev–Trinajstić information content (AvgIpc) is 3.33. The molecule has 2 atom stereocenters. The van der Waals surface area contributed by atoms with Crippen molar-refractivity contribution in [3.8, 4) is 0 Å². The van der Waals surface area contributed by atoms with E-state index in [-0.39, 0.29) is 30.6 Å². The molecule has 12 heteroatoms. The molecule has 0 radical (unpaired) electrons. The Morgan fingerprint density at radius 3 is 2.80 bits per heavy atom. The van der Waals surface area contributed by atoms with Crippen LogP contribution in [-0.2, 0) is 9.59 Å². The Hall–Kier alpha value is -3.12. The molecule has 0 saturated carbocycles. The summed E-state index contributed by atoms with van der Waals surface area (Å²) in [5.74, 6) is -0.385. The quantitative estimate of drug-likeness (QED) is 0.224. The van der Waals surface area contributed by atoms with Crippen LogP contribution in [0.4, 0.5) is 5.82 Å². The second-order valence-electron chi connectivity index (χ2n) is 8.95. The third-order valence-electron chi connectivity index (χ3n) is 6.69. The molecule has 2 unspecified atom stereocenters. The third-order valence-corrected chi connectivity index (χ3v) is 6.69.